The number of amides is 3. The third-order valence-electron chi connectivity index (χ3n) is 4.28. The van der Waals surface area contributed by atoms with Gasteiger partial charge in [-0.2, -0.15) is 0 Å². The highest BCUT2D eigenvalue weighted by Gasteiger charge is 2.34. The predicted molar refractivity (Wildman–Crippen MR) is 112 cm³/mol. The summed E-state index contributed by atoms with van der Waals surface area (Å²) in [6, 6.07) is 12.3. The van der Waals surface area contributed by atoms with Crippen molar-refractivity contribution in [3.05, 3.63) is 63.0 Å². The van der Waals surface area contributed by atoms with Gasteiger partial charge in [0.25, 0.3) is 17.1 Å². The summed E-state index contributed by atoms with van der Waals surface area (Å²) in [6.07, 6.45) is 1.65. The second-order valence-corrected chi connectivity index (χ2v) is 8.12. The maximum absolute atomic E-state index is 12.6. The fraction of sp³-hybridized carbons (Fsp3) is 0.150. The van der Waals surface area contributed by atoms with Gasteiger partial charge in [-0.15, -0.1) is 0 Å². The minimum absolute atomic E-state index is 0.100. The van der Waals surface area contributed by atoms with Crippen molar-refractivity contribution in [3.63, 3.8) is 0 Å². The number of rotatable bonds is 5. The number of fused-ring (bicyclic) bond motifs is 1. The zero-order valence-electron chi connectivity index (χ0n) is 15.0. The van der Waals surface area contributed by atoms with Gasteiger partial charge in [-0.25, -0.2) is 0 Å². The molecule has 0 spiro atoms. The Kier molecular flexibility index (Phi) is 5.59. The molecule has 1 N–H and O–H groups in total. The van der Waals surface area contributed by atoms with E-state index in [-0.39, 0.29) is 36.9 Å². The lowest BCUT2D eigenvalue weighted by atomic mass is 10.2. The Morgan fingerprint density at radius 2 is 2.00 bits per heavy atom. The van der Waals surface area contributed by atoms with E-state index in [0.717, 1.165) is 26.7 Å². The number of nitrogens with one attached hydrogen (secondary N) is 1. The van der Waals surface area contributed by atoms with Crippen molar-refractivity contribution in [1.29, 1.82) is 0 Å². The second kappa shape index (κ2) is 8.30. The van der Waals surface area contributed by atoms with Gasteiger partial charge in [0.1, 0.15) is 0 Å². The summed E-state index contributed by atoms with van der Waals surface area (Å²) >= 11 is 4.19. The molecule has 0 saturated carbocycles. The molecule has 0 aromatic heterocycles. The van der Waals surface area contributed by atoms with Crippen LogP contribution in [0.4, 0.5) is 4.79 Å². The number of imide groups is 1. The molecule has 1 saturated heterocycles. The van der Waals surface area contributed by atoms with Crippen LogP contribution in [0.15, 0.2) is 51.8 Å². The molecule has 148 valence electrons. The highest BCUT2D eigenvalue weighted by atomic mass is 79.9. The molecular weight excluding hydrogens is 460 g/mol. The zero-order valence-corrected chi connectivity index (χ0v) is 17.4. The lowest BCUT2D eigenvalue weighted by Gasteiger charge is -2.13. The molecule has 2 aliphatic rings. The lowest BCUT2D eigenvalue weighted by molar-refractivity contribution is -0.122. The largest absolute Gasteiger partial charge is 0.454 e. The van der Waals surface area contributed by atoms with Gasteiger partial charge in [0.05, 0.1) is 4.91 Å². The van der Waals surface area contributed by atoms with E-state index in [1.807, 2.05) is 6.07 Å². The normalized spacial score (nSPS) is 16.6. The fourth-order valence-electron chi connectivity index (χ4n) is 2.86. The molecule has 2 aromatic rings. The summed E-state index contributed by atoms with van der Waals surface area (Å²) in [5.41, 5.74) is 1.24. The topological polar surface area (TPSA) is 84.9 Å². The first-order valence-corrected chi connectivity index (χ1v) is 10.3. The monoisotopic (exact) mass is 474 g/mol. The molecule has 1 fully saturated rings. The van der Waals surface area contributed by atoms with E-state index in [1.165, 1.54) is 0 Å². The fourth-order valence-corrected chi connectivity index (χ4v) is 4.12. The zero-order chi connectivity index (χ0) is 20.4. The van der Waals surface area contributed by atoms with E-state index >= 15 is 0 Å². The number of thioether (sulfide) groups is 1. The molecule has 0 atom stereocenters. The summed E-state index contributed by atoms with van der Waals surface area (Å²) in [6.45, 7) is 0.435. The number of halogens is 1. The van der Waals surface area contributed by atoms with E-state index in [4.69, 9.17) is 9.47 Å². The van der Waals surface area contributed by atoms with E-state index in [9.17, 15) is 14.4 Å². The molecule has 0 radical (unpaired) electrons. The summed E-state index contributed by atoms with van der Waals surface area (Å²) in [4.78, 5) is 38.4. The molecule has 2 aromatic carbocycles. The Balaban J connectivity index is 1.37. The molecule has 2 aliphatic heterocycles. The van der Waals surface area contributed by atoms with Crippen LogP contribution in [-0.2, 0) is 4.79 Å². The molecule has 9 heteroatoms. The summed E-state index contributed by atoms with van der Waals surface area (Å²) in [5.74, 6) is 0.605. The first-order valence-electron chi connectivity index (χ1n) is 8.70. The molecule has 2 heterocycles. The van der Waals surface area contributed by atoms with Crippen LogP contribution in [0.25, 0.3) is 6.08 Å². The van der Waals surface area contributed by atoms with E-state index in [2.05, 4.69) is 21.2 Å². The van der Waals surface area contributed by atoms with Crippen LogP contribution in [0.2, 0.25) is 0 Å². The van der Waals surface area contributed by atoms with Crippen LogP contribution >= 0.6 is 27.7 Å². The summed E-state index contributed by atoms with van der Waals surface area (Å²) < 4.78 is 11.4. The van der Waals surface area contributed by atoms with Gasteiger partial charge in [0.2, 0.25) is 6.79 Å². The molecular formula is C20H15BrN2O5S. The first-order chi connectivity index (χ1) is 14.0. The Morgan fingerprint density at radius 1 is 1.17 bits per heavy atom. The third kappa shape index (κ3) is 4.30. The van der Waals surface area contributed by atoms with Crippen molar-refractivity contribution in [2.75, 3.05) is 19.9 Å². The van der Waals surface area contributed by atoms with Crippen molar-refractivity contribution < 1.29 is 23.9 Å². The number of hydrogen-bond donors (Lipinski definition) is 1. The standard InChI is InChI=1S/C20H15BrN2O5S/c21-14-3-1-2-13(10-14)18(24)22-6-7-23-19(25)17(29-20(23)26)9-12-4-5-15-16(8-12)28-11-27-15/h1-5,8-10H,6-7,11H2,(H,22,24)/b17-9-. The number of hydrogen-bond acceptors (Lipinski definition) is 6. The first kappa shape index (κ1) is 19.5. The highest BCUT2D eigenvalue weighted by Crippen LogP contribution is 2.36. The van der Waals surface area contributed by atoms with Crippen LogP contribution < -0.4 is 14.8 Å². The van der Waals surface area contributed by atoms with Crippen LogP contribution in [0, 0.1) is 0 Å². The van der Waals surface area contributed by atoms with Crippen LogP contribution in [-0.4, -0.2) is 41.8 Å². The van der Waals surface area contributed by atoms with Crippen molar-refractivity contribution in [2.24, 2.45) is 0 Å². The lowest BCUT2D eigenvalue weighted by Crippen LogP contribution is -2.37. The third-order valence-corrected chi connectivity index (χ3v) is 5.68. The van der Waals surface area contributed by atoms with Crippen molar-refractivity contribution >= 4 is 50.8 Å². The number of benzene rings is 2. The molecule has 0 bridgehead atoms. The minimum Gasteiger partial charge on any atom is -0.454 e. The molecule has 0 aliphatic carbocycles. The molecule has 4 rings (SSSR count). The van der Waals surface area contributed by atoms with Gasteiger partial charge >= 0.3 is 0 Å². The maximum atomic E-state index is 12.6. The van der Waals surface area contributed by atoms with Gasteiger partial charge in [0, 0.05) is 23.1 Å². The van der Waals surface area contributed by atoms with Gasteiger partial charge in [-0.1, -0.05) is 28.1 Å². The van der Waals surface area contributed by atoms with Crippen molar-refractivity contribution in [1.82, 2.24) is 10.2 Å². The number of ether oxygens (including phenoxy) is 2. The van der Waals surface area contributed by atoms with E-state index in [0.29, 0.717) is 22.0 Å². The second-order valence-electron chi connectivity index (χ2n) is 6.21. The SMILES string of the molecule is O=C(NCCN1C(=O)S/C(=C\c2ccc3c(c2)OCO3)C1=O)c1cccc(Br)c1. The number of carbonyl (C=O) groups is 3. The maximum Gasteiger partial charge on any atom is 0.293 e. The van der Waals surface area contributed by atoms with E-state index in [1.54, 1.807) is 42.5 Å². The van der Waals surface area contributed by atoms with Crippen molar-refractivity contribution in [2.45, 2.75) is 0 Å². The minimum atomic E-state index is -0.380. The summed E-state index contributed by atoms with van der Waals surface area (Å²) in [7, 11) is 0. The average Bonchev–Trinajstić information content (AvgIpc) is 3.27. The quantitative estimate of drug-likeness (QED) is 0.665. The Morgan fingerprint density at radius 3 is 2.83 bits per heavy atom. The highest BCUT2D eigenvalue weighted by molar-refractivity contribution is 9.10. The van der Waals surface area contributed by atoms with Crippen molar-refractivity contribution in [3.8, 4) is 11.5 Å². The smallest absolute Gasteiger partial charge is 0.293 e. The molecule has 7 nitrogen and oxygen atoms in total. The van der Waals surface area contributed by atoms with Gasteiger partial charge in [-0.05, 0) is 53.7 Å². The van der Waals surface area contributed by atoms with Gasteiger partial charge in [-0.3, -0.25) is 19.3 Å². The van der Waals surface area contributed by atoms with Crippen LogP contribution in [0.3, 0.4) is 0 Å². The summed E-state index contributed by atoms with van der Waals surface area (Å²) in [5, 5.41) is 2.36. The molecule has 0 unspecified atom stereocenters. The number of carbonyl (C=O) groups excluding carboxylic acids is 3. The number of nitrogens with zero attached hydrogens (tertiary/aromatic N) is 1. The Hall–Kier alpha value is -2.78. The Labute approximate surface area is 179 Å². The van der Waals surface area contributed by atoms with Crippen LogP contribution in [0.5, 0.6) is 11.5 Å². The van der Waals surface area contributed by atoms with Gasteiger partial charge < -0.3 is 14.8 Å². The Bertz CT molecular complexity index is 1040. The van der Waals surface area contributed by atoms with Gasteiger partial charge in [0.15, 0.2) is 11.5 Å². The average molecular weight is 475 g/mol. The molecule has 3 amide bonds. The predicted octanol–water partition coefficient (Wildman–Crippen LogP) is 3.64. The molecule has 29 heavy (non-hydrogen) atoms. The van der Waals surface area contributed by atoms with E-state index < -0.39 is 0 Å². The van der Waals surface area contributed by atoms with Crippen LogP contribution in [0.1, 0.15) is 15.9 Å².